The van der Waals surface area contributed by atoms with Crippen molar-refractivity contribution in [2.75, 3.05) is 0 Å². The molecule has 0 aliphatic heterocycles. The number of hydrogen-bond donors (Lipinski definition) is 0. The SMILES string of the molecule is C/C(=C/C(=O)C(F)(F)F)[O][In]([O]/C(C)=C\C(=O)C(F)(F)F)[O]/C(C)=C\C(=O)C(F)(F)F. The zero-order chi connectivity index (χ0) is 24.8. The van der Waals surface area contributed by atoms with Crippen LogP contribution in [0.5, 0.6) is 0 Å². The quantitative estimate of drug-likeness (QED) is 0.234. The van der Waals surface area contributed by atoms with Crippen LogP contribution < -0.4 is 0 Å². The van der Waals surface area contributed by atoms with E-state index in [4.69, 9.17) is 8.56 Å². The van der Waals surface area contributed by atoms with Crippen LogP contribution >= 0.6 is 0 Å². The molecule has 0 bridgehead atoms. The van der Waals surface area contributed by atoms with Crippen molar-refractivity contribution in [3.63, 3.8) is 0 Å². The van der Waals surface area contributed by atoms with Crippen LogP contribution in [0.4, 0.5) is 39.5 Å². The van der Waals surface area contributed by atoms with Crippen molar-refractivity contribution >= 4 is 40.1 Å². The summed E-state index contributed by atoms with van der Waals surface area (Å²) in [6, 6.07) is 0. The number of halogens is 9. The first kappa shape index (κ1) is 28.9. The van der Waals surface area contributed by atoms with Crippen LogP contribution in [0, 0.1) is 0 Å². The Kier molecular flexibility index (Phi) is 10.2. The molecule has 0 radical (unpaired) electrons. The zero-order valence-electron chi connectivity index (χ0n) is 15.7. The average Bonchev–Trinajstić information content (AvgIpc) is 2.51. The Hall–Kier alpha value is -2.13. The number of allylic oxidation sites excluding steroid dienone is 6. The van der Waals surface area contributed by atoms with Gasteiger partial charge in [0, 0.05) is 0 Å². The van der Waals surface area contributed by atoms with Crippen molar-refractivity contribution in [2.45, 2.75) is 39.3 Å². The molecule has 0 unspecified atom stereocenters. The second-order valence-electron chi connectivity index (χ2n) is 5.49. The first-order valence-electron chi connectivity index (χ1n) is 7.61. The first-order chi connectivity index (χ1) is 13.7. The van der Waals surface area contributed by atoms with Gasteiger partial charge in [0.1, 0.15) is 0 Å². The topological polar surface area (TPSA) is 78.9 Å². The van der Waals surface area contributed by atoms with E-state index in [0.29, 0.717) is 0 Å². The van der Waals surface area contributed by atoms with E-state index in [2.05, 4.69) is 0 Å². The van der Waals surface area contributed by atoms with E-state index in [1.807, 2.05) is 0 Å². The predicted molar refractivity (Wildman–Crippen MR) is 83.5 cm³/mol. The second-order valence-corrected chi connectivity index (χ2v) is 9.16. The Morgan fingerprint density at radius 1 is 0.548 bits per heavy atom. The van der Waals surface area contributed by atoms with Gasteiger partial charge in [0.25, 0.3) is 0 Å². The maximum absolute atomic E-state index is 12.3. The molecule has 0 rings (SSSR count). The summed E-state index contributed by atoms with van der Waals surface area (Å²) in [6.07, 6.45) is -16.0. The number of ketones is 3. The molecule has 0 saturated carbocycles. The van der Waals surface area contributed by atoms with Gasteiger partial charge in [-0.05, 0) is 0 Å². The van der Waals surface area contributed by atoms with E-state index >= 15 is 0 Å². The fourth-order valence-corrected chi connectivity index (χ4v) is 5.02. The molecule has 0 N–H and O–H groups in total. The fourth-order valence-electron chi connectivity index (χ4n) is 1.43. The molecule has 0 fully saturated rings. The Morgan fingerprint density at radius 2 is 0.742 bits per heavy atom. The summed E-state index contributed by atoms with van der Waals surface area (Å²) >= 11 is -4.84. The fraction of sp³-hybridized carbons (Fsp3) is 0.400. The van der Waals surface area contributed by atoms with Crippen LogP contribution in [-0.2, 0) is 22.9 Å². The second kappa shape index (κ2) is 10.9. The van der Waals surface area contributed by atoms with Crippen molar-refractivity contribution in [3.8, 4) is 0 Å². The van der Waals surface area contributed by atoms with Crippen molar-refractivity contribution < 1.29 is 62.5 Å². The van der Waals surface area contributed by atoms with Gasteiger partial charge in [-0.2, -0.15) is 0 Å². The van der Waals surface area contributed by atoms with E-state index in [0.717, 1.165) is 20.8 Å². The molecule has 0 aliphatic carbocycles. The van der Waals surface area contributed by atoms with E-state index < -0.39 is 75.9 Å². The van der Waals surface area contributed by atoms with Crippen LogP contribution in [0.3, 0.4) is 0 Å². The Bertz CT molecular complexity index is 686. The summed E-state index contributed by atoms with van der Waals surface area (Å²) in [4.78, 5) is 32.7. The first-order valence-corrected chi connectivity index (χ1v) is 11.7. The van der Waals surface area contributed by atoms with Crippen LogP contribution in [0.25, 0.3) is 0 Å². The maximum atomic E-state index is 12.3. The molecular formula is C15H12F9InO6. The van der Waals surface area contributed by atoms with Crippen LogP contribution in [0.15, 0.2) is 35.5 Å². The van der Waals surface area contributed by atoms with Gasteiger partial charge in [0.05, 0.1) is 0 Å². The van der Waals surface area contributed by atoms with Crippen LogP contribution in [0.2, 0.25) is 0 Å². The predicted octanol–water partition coefficient (Wildman–Crippen LogP) is 4.13. The third kappa shape index (κ3) is 11.7. The molecule has 0 amide bonds. The summed E-state index contributed by atoms with van der Waals surface area (Å²) in [5.74, 6) is -9.49. The normalized spacial score (nSPS) is 14.1. The summed E-state index contributed by atoms with van der Waals surface area (Å²) in [6.45, 7) is 2.42. The molecule has 6 nitrogen and oxygen atoms in total. The number of carbonyl (C=O) groups is 3. The van der Waals surface area contributed by atoms with Crippen molar-refractivity contribution in [1.82, 2.24) is 0 Å². The zero-order valence-corrected chi connectivity index (χ0v) is 19.0. The third-order valence-electron chi connectivity index (χ3n) is 2.69. The van der Waals surface area contributed by atoms with E-state index in [-0.39, 0.29) is 18.2 Å². The van der Waals surface area contributed by atoms with Crippen molar-refractivity contribution in [2.24, 2.45) is 0 Å². The standard InChI is InChI=1S/3C5H5F3O2.In/c3*1-3(9)2-4(10)5(6,7)8;/h3*2,9H,1H3;/q;;;+3/p-3/b3*3-2-;. The van der Waals surface area contributed by atoms with Gasteiger partial charge in [0.2, 0.25) is 0 Å². The van der Waals surface area contributed by atoms with E-state index in [1.165, 1.54) is 0 Å². The molecular weight excluding hydrogens is 562 g/mol. The average molecular weight is 574 g/mol. The Balaban J connectivity index is 5.72. The molecule has 0 spiro atoms. The summed E-state index contributed by atoms with van der Waals surface area (Å²) in [5.41, 5.74) is 0. The molecule has 0 atom stereocenters. The van der Waals surface area contributed by atoms with E-state index in [9.17, 15) is 53.9 Å². The van der Waals surface area contributed by atoms with Gasteiger partial charge in [-0.15, -0.1) is 0 Å². The van der Waals surface area contributed by atoms with Gasteiger partial charge in [-0.3, -0.25) is 0 Å². The minimum atomic E-state index is -5.29. The molecule has 0 aliphatic rings. The van der Waals surface area contributed by atoms with Crippen molar-refractivity contribution in [3.05, 3.63) is 35.5 Å². The molecule has 0 aromatic rings. The van der Waals surface area contributed by atoms with Gasteiger partial charge in [-0.1, -0.05) is 0 Å². The van der Waals surface area contributed by atoms with Crippen molar-refractivity contribution in [1.29, 1.82) is 0 Å². The van der Waals surface area contributed by atoms with E-state index in [1.54, 1.807) is 0 Å². The Morgan fingerprint density at radius 3 is 0.903 bits per heavy atom. The van der Waals surface area contributed by atoms with Crippen LogP contribution in [-0.4, -0.2) is 58.6 Å². The van der Waals surface area contributed by atoms with Gasteiger partial charge < -0.3 is 0 Å². The van der Waals surface area contributed by atoms with Gasteiger partial charge in [-0.25, -0.2) is 0 Å². The number of alkyl halides is 9. The molecule has 0 saturated heterocycles. The molecule has 0 aromatic carbocycles. The summed E-state index contributed by atoms with van der Waals surface area (Å²) < 4.78 is 125. The molecule has 174 valence electrons. The minimum absolute atomic E-state index is 0.0591. The molecule has 31 heavy (non-hydrogen) atoms. The monoisotopic (exact) mass is 574 g/mol. The Labute approximate surface area is 177 Å². The summed E-state index contributed by atoms with van der Waals surface area (Å²) in [7, 11) is 0. The number of hydrogen-bond acceptors (Lipinski definition) is 6. The molecule has 0 aromatic heterocycles. The van der Waals surface area contributed by atoms with Gasteiger partial charge in [0.15, 0.2) is 0 Å². The van der Waals surface area contributed by atoms with Gasteiger partial charge >= 0.3 is 177 Å². The number of carbonyl (C=O) groups excluding carboxylic acids is 3. The van der Waals surface area contributed by atoms with Crippen LogP contribution in [0.1, 0.15) is 20.8 Å². The number of rotatable bonds is 9. The molecule has 16 heteroatoms. The summed E-state index contributed by atoms with van der Waals surface area (Å²) in [5, 5.41) is 0. The molecule has 0 heterocycles. The third-order valence-corrected chi connectivity index (χ3v) is 7.52.